The summed E-state index contributed by atoms with van der Waals surface area (Å²) in [7, 11) is 0. The van der Waals surface area contributed by atoms with Gasteiger partial charge in [-0.15, -0.1) is 0 Å². The van der Waals surface area contributed by atoms with Gasteiger partial charge < -0.3 is 10.0 Å². The number of pyridine rings is 1. The summed E-state index contributed by atoms with van der Waals surface area (Å²) >= 11 is 6.82. The third-order valence-electron chi connectivity index (χ3n) is 8.57. The molecule has 0 bridgehead atoms. The largest absolute Gasteiger partial charge is 0.480 e. The van der Waals surface area contributed by atoms with Gasteiger partial charge >= 0.3 is 12.1 Å². The molecule has 0 aliphatic carbocycles. The van der Waals surface area contributed by atoms with Gasteiger partial charge in [0, 0.05) is 30.8 Å². The van der Waals surface area contributed by atoms with E-state index in [0.717, 1.165) is 41.6 Å². The fourth-order valence-electron chi connectivity index (χ4n) is 6.53. The average molecular weight is 622 g/mol. The first kappa shape index (κ1) is 30.0. The molecular formula is C34H31ClF3N3O3. The average Bonchev–Trinajstić information content (AvgIpc) is 3.40. The summed E-state index contributed by atoms with van der Waals surface area (Å²) < 4.78 is 42.9. The van der Waals surface area contributed by atoms with Gasteiger partial charge in [-0.3, -0.25) is 14.3 Å². The zero-order valence-electron chi connectivity index (χ0n) is 23.8. The van der Waals surface area contributed by atoms with Crippen molar-refractivity contribution in [2.75, 3.05) is 24.5 Å². The molecule has 44 heavy (non-hydrogen) atoms. The normalized spacial score (nSPS) is 18.8. The number of likely N-dealkylation sites (tertiary alicyclic amines) is 1. The van der Waals surface area contributed by atoms with Gasteiger partial charge in [-0.05, 0) is 54.1 Å². The fraction of sp³-hybridized carbons (Fsp3) is 0.294. The Balaban J connectivity index is 1.53. The molecule has 1 unspecified atom stereocenters. The highest BCUT2D eigenvalue weighted by molar-refractivity contribution is 6.31. The van der Waals surface area contributed by atoms with Gasteiger partial charge in [0.2, 0.25) is 0 Å². The Morgan fingerprint density at radius 3 is 2.32 bits per heavy atom. The van der Waals surface area contributed by atoms with Gasteiger partial charge in [0.05, 0.1) is 12.1 Å². The van der Waals surface area contributed by atoms with Gasteiger partial charge in [0.1, 0.15) is 10.8 Å². The van der Waals surface area contributed by atoms with Crippen LogP contribution in [-0.4, -0.2) is 40.2 Å². The van der Waals surface area contributed by atoms with Crippen molar-refractivity contribution < 1.29 is 23.1 Å². The number of aromatic nitrogens is 1. The number of carboxylic acids is 1. The molecule has 228 valence electrons. The Bertz CT molecular complexity index is 1730. The molecule has 0 amide bonds. The first-order valence-corrected chi connectivity index (χ1v) is 14.9. The van der Waals surface area contributed by atoms with E-state index in [1.807, 2.05) is 48.5 Å². The van der Waals surface area contributed by atoms with Crippen molar-refractivity contribution in [3.05, 3.63) is 123 Å². The van der Waals surface area contributed by atoms with Gasteiger partial charge in [-0.1, -0.05) is 84.4 Å². The topological polar surface area (TPSA) is 65.8 Å². The number of rotatable bonds is 7. The summed E-state index contributed by atoms with van der Waals surface area (Å²) in [5.41, 5.74) is 1.54. The van der Waals surface area contributed by atoms with Crippen LogP contribution in [0, 0.1) is 0 Å². The molecule has 2 aliphatic heterocycles. The number of carboxylic acid groups (broad SMARTS) is 1. The zero-order chi connectivity index (χ0) is 31.0. The molecule has 1 fully saturated rings. The van der Waals surface area contributed by atoms with Crippen molar-refractivity contribution >= 4 is 23.4 Å². The number of anilines is 1. The molecule has 2 aliphatic rings. The molecule has 0 radical (unpaired) electrons. The molecule has 1 aromatic heterocycles. The van der Waals surface area contributed by atoms with E-state index >= 15 is 0 Å². The van der Waals surface area contributed by atoms with E-state index in [9.17, 15) is 27.9 Å². The highest BCUT2D eigenvalue weighted by Gasteiger charge is 2.40. The zero-order valence-corrected chi connectivity index (χ0v) is 24.6. The molecule has 4 aromatic rings. The van der Waals surface area contributed by atoms with Crippen LogP contribution in [0.15, 0.2) is 89.7 Å². The maximum atomic E-state index is 13.9. The van der Waals surface area contributed by atoms with Crippen molar-refractivity contribution in [2.24, 2.45) is 0 Å². The summed E-state index contributed by atoms with van der Waals surface area (Å²) in [6.07, 6.45) is -2.70. The van der Waals surface area contributed by atoms with Crippen LogP contribution in [0.1, 0.15) is 47.1 Å². The summed E-state index contributed by atoms with van der Waals surface area (Å²) in [6.45, 7) is 1.87. The van der Waals surface area contributed by atoms with E-state index in [-0.39, 0.29) is 42.0 Å². The van der Waals surface area contributed by atoms with Crippen LogP contribution in [0.25, 0.3) is 11.1 Å². The number of aliphatic carboxylic acids is 1. The SMILES string of the molecule is O=C(O)C1CN(Cc2ccccc2)c2c(-c3cccc(C(F)(F)F)c3)c(CN3CCC[C@H](c4ccccc4)C3)c(Cl)c(=O)n21. The van der Waals surface area contributed by atoms with Crippen molar-refractivity contribution in [3.8, 4) is 11.1 Å². The molecule has 6 rings (SSSR count). The standard InChI is InChI=1S/C34H31ClF3N3O3/c35-30-27(20-39-16-8-14-25(19-39)23-11-5-2-6-12-23)29(24-13-7-15-26(17-24)34(36,37)38)31-40(18-22-9-3-1-4-10-22)21-28(33(43)44)41(31)32(30)42/h1-7,9-13,15,17,25,28H,8,14,16,18-21H2,(H,43,44)/t25-,28?/m0/s1. The van der Waals surface area contributed by atoms with Gasteiger partial charge in [0.25, 0.3) is 5.56 Å². The molecule has 3 aromatic carbocycles. The highest BCUT2D eigenvalue weighted by atomic mass is 35.5. The molecule has 1 saturated heterocycles. The second kappa shape index (κ2) is 12.1. The molecule has 2 atom stereocenters. The third kappa shape index (κ3) is 5.86. The smallest absolute Gasteiger partial charge is 0.416 e. The Labute approximate surface area is 257 Å². The van der Waals surface area contributed by atoms with Crippen LogP contribution >= 0.6 is 11.6 Å². The van der Waals surface area contributed by atoms with Crippen molar-refractivity contribution in [1.29, 1.82) is 0 Å². The van der Waals surface area contributed by atoms with E-state index in [2.05, 4.69) is 17.0 Å². The lowest BCUT2D eigenvalue weighted by Crippen LogP contribution is -2.35. The first-order chi connectivity index (χ1) is 21.1. The lowest BCUT2D eigenvalue weighted by Gasteiger charge is -2.34. The van der Waals surface area contributed by atoms with E-state index < -0.39 is 29.3 Å². The highest BCUT2D eigenvalue weighted by Crippen LogP contribution is 2.44. The second-order valence-electron chi connectivity index (χ2n) is 11.4. The molecule has 0 spiro atoms. The van der Waals surface area contributed by atoms with Crippen LogP contribution < -0.4 is 10.5 Å². The number of fused-ring (bicyclic) bond motifs is 1. The lowest BCUT2D eigenvalue weighted by atomic mass is 9.90. The van der Waals surface area contributed by atoms with Crippen LogP contribution in [0.5, 0.6) is 0 Å². The van der Waals surface area contributed by atoms with Crippen LogP contribution in [0.3, 0.4) is 0 Å². The predicted octanol–water partition coefficient (Wildman–Crippen LogP) is 7.21. The van der Waals surface area contributed by atoms with E-state index in [4.69, 9.17) is 11.6 Å². The number of halogens is 4. The number of benzene rings is 3. The fourth-order valence-corrected chi connectivity index (χ4v) is 6.77. The minimum absolute atomic E-state index is 0.0367. The maximum Gasteiger partial charge on any atom is 0.416 e. The van der Waals surface area contributed by atoms with Crippen LogP contribution in [0.4, 0.5) is 19.0 Å². The Morgan fingerprint density at radius 1 is 0.932 bits per heavy atom. The summed E-state index contributed by atoms with van der Waals surface area (Å²) in [5.74, 6) is -0.701. The molecular weight excluding hydrogens is 591 g/mol. The molecule has 1 N–H and O–H groups in total. The van der Waals surface area contributed by atoms with Gasteiger partial charge in [-0.25, -0.2) is 4.79 Å². The second-order valence-corrected chi connectivity index (χ2v) is 11.8. The predicted molar refractivity (Wildman–Crippen MR) is 164 cm³/mol. The summed E-state index contributed by atoms with van der Waals surface area (Å²) in [4.78, 5) is 30.3. The number of carbonyl (C=O) groups is 1. The minimum Gasteiger partial charge on any atom is -0.480 e. The quantitative estimate of drug-likeness (QED) is 0.236. The minimum atomic E-state index is -4.60. The Kier molecular flexibility index (Phi) is 8.26. The summed E-state index contributed by atoms with van der Waals surface area (Å²) in [6, 6.07) is 23.2. The molecule has 3 heterocycles. The monoisotopic (exact) mass is 621 g/mol. The number of hydrogen-bond donors (Lipinski definition) is 1. The molecule has 0 saturated carbocycles. The van der Waals surface area contributed by atoms with E-state index in [0.29, 0.717) is 17.7 Å². The van der Waals surface area contributed by atoms with Crippen molar-refractivity contribution in [2.45, 2.75) is 44.1 Å². The number of alkyl halides is 3. The van der Waals surface area contributed by atoms with E-state index in [1.54, 1.807) is 11.0 Å². The third-order valence-corrected chi connectivity index (χ3v) is 8.96. The maximum absolute atomic E-state index is 13.9. The number of hydrogen-bond acceptors (Lipinski definition) is 4. The Hall–Kier alpha value is -4.08. The first-order valence-electron chi connectivity index (χ1n) is 14.5. The van der Waals surface area contributed by atoms with Gasteiger partial charge in [0.15, 0.2) is 6.04 Å². The number of nitrogens with zero attached hydrogens (tertiary/aromatic N) is 3. The molecule has 6 nitrogen and oxygen atoms in total. The lowest BCUT2D eigenvalue weighted by molar-refractivity contribution is -0.140. The molecule has 10 heteroatoms. The van der Waals surface area contributed by atoms with Crippen molar-refractivity contribution in [3.63, 3.8) is 0 Å². The van der Waals surface area contributed by atoms with Crippen molar-refractivity contribution in [1.82, 2.24) is 9.47 Å². The Morgan fingerprint density at radius 2 is 1.64 bits per heavy atom. The van der Waals surface area contributed by atoms with Crippen LogP contribution in [0.2, 0.25) is 5.02 Å². The summed E-state index contributed by atoms with van der Waals surface area (Å²) in [5, 5.41) is 9.98. The van der Waals surface area contributed by atoms with E-state index in [1.165, 1.54) is 11.6 Å². The number of piperidine rings is 1. The van der Waals surface area contributed by atoms with Gasteiger partial charge in [-0.2, -0.15) is 13.2 Å². The van der Waals surface area contributed by atoms with Crippen LogP contribution in [-0.2, 0) is 24.1 Å².